The van der Waals surface area contributed by atoms with E-state index in [0.717, 1.165) is 17.1 Å². The van der Waals surface area contributed by atoms with Crippen molar-refractivity contribution in [3.8, 4) is 5.75 Å². The summed E-state index contributed by atoms with van der Waals surface area (Å²) in [6.07, 6.45) is 0. The lowest BCUT2D eigenvalue weighted by molar-refractivity contribution is 0.0693. The molecular weight excluding hydrogens is 236 g/mol. The normalized spacial score (nSPS) is 10.6. The minimum absolute atomic E-state index is 0.232. The number of hydrogen-bond donors (Lipinski definition) is 1. The number of hydrogen-bond acceptors (Lipinski definition) is 3. The maximum atomic E-state index is 11.0. The van der Waals surface area contributed by atoms with Gasteiger partial charge in [0.1, 0.15) is 11.3 Å². The molecule has 0 saturated heterocycles. The zero-order valence-corrected chi connectivity index (χ0v) is 11.2. The van der Waals surface area contributed by atoms with Crippen LogP contribution >= 0.6 is 11.8 Å². The van der Waals surface area contributed by atoms with Gasteiger partial charge in [-0.05, 0) is 29.4 Å². The summed E-state index contributed by atoms with van der Waals surface area (Å²) in [7, 11) is 1.48. The summed E-state index contributed by atoms with van der Waals surface area (Å²) in [6.45, 7) is 4.34. The average molecular weight is 254 g/mol. The van der Waals surface area contributed by atoms with Gasteiger partial charge < -0.3 is 9.84 Å². The Balaban J connectivity index is 2.74. The molecule has 0 spiro atoms. The maximum Gasteiger partial charge on any atom is 0.339 e. The summed E-state index contributed by atoms with van der Waals surface area (Å²) in [4.78, 5) is 11.0. The van der Waals surface area contributed by atoms with Crippen LogP contribution in [-0.4, -0.2) is 23.9 Å². The van der Waals surface area contributed by atoms with Crippen molar-refractivity contribution in [2.24, 2.45) is 5.92 Å². The highest BCUT2D eigenvalue weighted by molar-refractivity contribution is 7.98. The van der Waals surface area contributed by atoms with Crippen LogP contribution < -0.4 is 4.74 Å². The van der Waals surface area contributed by atoms with E-state index in [2.05, 4.69) is 13.8 Å². The number of carboxylic acids is 1. The van der Waals surface area contributed by atoms with E-state index in [0.29, 0.717) is 11.7 Å². The predicted octanol–water partition coefficient (Wildman–Crippen LogP) is 3.28. The lowest BCUT2D eigenvalue weighted by Crippen LogP contribution is -2.01. The first-order chi connectivity index (χ1) is 8.04. The third kappa shape index (κ3) is 4.30. The molecule has 0 aromatic heterocycles. The van der Waals surface area contributed by atoms with E-state index < -0.39 is 5.97 Å². The summed E-state index contributed by atoms with van der Waals surface area (Å²) in [6, 6.07) is 5.32. The molecule has 0 aliphatic rings. The van der Waals surface area contributed by atoms with E-state index in [1.54, 1.807) is 12.1 Å². The number of benzene rings is 1. The Morgan fingerprint density at radius 3 is 2.71 bits per heavy atom. The monoisotopic (exact) mass is 254 g/mol. The van der Waals surface area contributed by atoms with E-state index in [1.807, 2.05) is 17.8 Å². The molecule has 0 aliphatic carbocycles. The molecule has 0 amide bonds. The molecule has 0 saturated carbocycles. The predicted molar refractivity (Wildman–Crippen MR) is 71.0 cm³/mol. The van der Waals surface area contributed by atoms with Crippen LogP contribution in [0.3, 0.4) is 0 Å². The second kappa shape index (κ2) is 6.55. The van der Waals surface area contributed by atoms with Gasteiger partial charge in [-0.15, -0.1) is 0 Å². The van der Waals surface area contributed by atoms with E-state index in [9.17, 15) is 4.79 Å². The van der Waals surface area contributed by atoms with Crippen LogP contribution in [0.15, 0.2) is 18.2 Å². The molecule has 0 fully saturated rings. The first-order valence-corrected chi connectivity index (χ1v) is 6.68. The zero-order valence-electron chi connectivity index (χ0n) is 10.4. The number of carbonyl (C=O) groups is 1. The Labute approximate surface area is 106 Å². The van der Waals surface area contributed by atoms with E-state index in [4.69, 9.17) is 9.84 Å². The van der Waals surface area contributed by atoms with Crippen molar-refractivity contribution in [3.05, 3.63) is 29.3 Å². The summed E-state index contributed by atoms with van der Waals surface area (Å²) >= 11 is 1.81. The minimum Gasteiger partial charge on any atom is -0.496 e. The molecule has 4 heteroatoms. The molecule has 0 aliphatic heterocycles. The van der Waals surface area contributed by atoms with Crippen LogP contribution in [0.5, 0.6) is 5.75 Å². The highest BCUT2D eigenvalue weighted by atomic mass is 32.2. The maximum absolute atomic E-state index is 11.0. The Kier molecular flexibility index (Phi) is 5.35. The van der Waals surface area contributed by atoms with Crippen molar-refractivity contribution in [1.29, 1.82) is 0 Å². The van der Waals surface area contributed by atoms with Gasteiger partial charge in [0.2, 0.25) is 0 Å². The second-order valence-corrected chi connectivity index (χ2v) is 5.28. The largest absolute Gasteiger partial charge is 0.496 e. The number of methoxy groups -OCH3 is 1. The highest BCUT2D eigenvalue weighted by Gasteiger charge is 2.11. The van der Waals surface area contributed by atoms with Crippen molar-refractivity contribution < 1.29 is 14.6 Å². The van der Waals surface area contributed by atoms with Crippen LogP contribution in [0.4, 0.5) is 0 Å². The third-order valence-corrected chi connectivity index (χ3v) is 3.65. The zero-order chi connectivity index (χ0) is 12.8. The van der Waals surface area contributed by atoms with E-state index in [1.165, 1.54) is 7.11 Å². The molecule has 0 radical (unpaired) electrons. The van der Waals surface area contributed by atoms with Crippen molar-refractivity contribution in [3.63, 3.8) is 0 Å². The Bertz CT molecular complexity index is 388. The average Bonchev–Trinajstić information content (AvgIpc) is 2.28. The molecule has 17 heavy (non-hydrogen) atoms. The van der Waals surface area contributed by atoms with Crippen molar-refractivity contribution in [2.45, 2.75) is 19.6 Å². The van der Waals surface area contributed by atoms with Gasteiger partial charge in [-0.2, -0.15) is 11.8 Å². The first-order valence-electron chi connectivity index (χ1n) is 5.52. The van der Waals surface area contributed by atoms with Gasteiger partial charge in [-0.25, -0.2) is 4.79 Å². The van der Waals surface area contributed by atoms with Crippen molar-refractivity contribution in [1.82, 2.24) is 0 Å². The lowest BCUT2D eigenvalue weighted by atomic mass is 10.1. The lowest BCUT2D eigenvalue weighted by Gasteiger charge is -2.08. The summed E-state index contributed by atoms with van der Waals surface area (Å²) < 4.78 is 5.02. The van der Waals surface area contributed by atoms with Gasteiger partial charge in [0.05, 0.1) is 7.11 Å². The van der Waals surface area contributed by atoms with Crippen molar-refractivity contribution >= 4 is 17.7 Å². The minimum atomic E-state index is -0.947. The number of ether oxygens (including phenoxy) is 1. The van der Waals surface area contributed by atoms with Gasteiger partial charge in [0, 0.05) is 5.75 Å². The number of aromatic carboxylic acids is 1. The molecule has 1 aromatic rings. The first kappa shape index (κ1) is 13.9. The summed E-state index contributed by atoms with van der Waals surface area (Å²) in [5.41, 5.74) is 1.25. The molecule has 3 nitrogen and oxygen atoms in total. The molecule has 0 atom stereocenters. The second-order valence-electron chi connectivity index (χ2n) is 4.25. The Morgan fingerprint density at radius 1 is 1.47 bits per heavy atom. The smallest absolute Gasteiger partial charge is 0.339 e. The SMILES string of the molecule is COc1ccc(CSCC(C)C)cc1C(=O)O. The van der Waals surface area contributed by atoms with Crippen molar-refractivity contribution in [2.75, 3.05) is 12.9 Å². The molecule has 1 aromatic carbocycles. The quantitative estimate of drug-likeness (QED) is 0.846. The summed E-state index contributed by atoms with van der Waals surface area (Å²) in [5.74, 6) is 2.03. The highest BCUT2D eigenvalue weighted by Crippen LogP contribution is 2.23. The molecule has 1 rings (SSSR count). The van der Waals surface area contributed by atoms with E-state index >= 15 is 0 Å². The fourth-order valence-corrected chi connectivity index (χ4v) is 2.43. The fourth-order valence-electron chi connectivity index (χ4n) is 1.42. The summed E-state index contributed by atoms with van der Waals surface area (Å²) in [5, 5.41) is 9.05. The standard InChI is InChI=1S/C13H18O3S/c1-9(2)7-17-8-10-4-5-12(16-3)11(6-10)13(14)15/h4-6,9H,7-8H2,1-3H3,(H,14,15). The van der Waals surface area contributed by atoms with Crippen LogP contribution in [0.2, 0.25) is 0 Å². The van der Waals surface area contributed by atoms with Gasteiger partial charge in [0.15, 0.2) is 0 Å². The van der Waals surface area contributed by atoms with E-state index in [-0.39, 0.29) is 5.56 Å². The Morgan fingerprint density at radius 2 is 2.18 bits per heavy atom. The Hall–Kier alpha value is -1.16. The number of carboxylic acid groups (broad SMARTS) is 1. The van der Waals surface area contributed by atoms with Crippen LogP contribution in [0, 0.1) is 5.92 Å². The molecule has 94 valence electrons. The molecule has 1 N–H and O–H groups in total. The number of rotatable bonds is 6. The molecule has 0 unspecified atom stereocenters. The van der Waals surface area contributed by atoms with Gasteiger partial charge in [0.25, 0.3) is 0 Å². The number of thioether (sulfide) groups is 1. The molecular formula is C13H18O3S. The third-order valence-electron chi connectivity index (χ3n) is 2.21. The molecule has 0 heterocycles. The van der Waals surface area contributed by atoms with Crippen LogP contribution in [-0.2, 0) is 5.75 Å². The van der Waals surface area contributed by atoms with Gasteiger partial charge >= 0.3 is 5.97 Å². The van der Waals surface area contributed by atoms with Crippen LogP contribution in [0.1, 0.15) is 29.8 Å². The van der Waals surface area contributed by atoms with Gasteiger partial charge in [-0.1, -0.05) is 19.9 Å². The fraction of sp³-hybridized carbons (Fsp3) is 0.462. The molecule has 0 bridgehead atoms. The van der Waals surface area contributed by atoms with Gasteiger partial charge in [-0.3, -0.25) is 0 Å². The van der Waals surface area contributed by atoms with Crippen LogP contribution in [0.25, 0.3) is 0 Å². The topological polar surface area (TPSA) is 46.5 Å².